The number of hydrogen-bond donors (Lipinski definition) is 0. The van der Waals surface area contributed by atoms with Crippen molar-refractivity contribution in [2.45, 2.75) is 6.43 Å². The molecule has 0 radical (unpaired) electrons. The predicted molar refractivity (Wildman–Crippen MR) is 63.4 cm³/mol. The summed E-state index contributed by atoms with van der Waals surface area (Å²) in [5.74, 6) is 1.04. The van der Waals surface area contributed by atoms with Crippen molar-refractivity contribution in [1.29, 1.82) is 0 Å². The molecule has 0 aliphatic rings. The van der Waals surface area contributed by atoms with Crippen molar-refractivity contribution in [3.05, 3.63) is 52.8 Å². The molecule has 0 unspecified atom stereocenters. The molecule has 0 fully saturated rings. The number of aromatic nitrogens is 1. The van der Waals surface area contributed by atoms with Crippen molar-refractivity contribution in [1.82, 2.24) is 4.98 Å². The normalized spacial score (nSPS) is 10.6. The maximum Gasteiger partial charge on any atom is 0.280 e. The Kier molecular flexibility index (Phi) is 3.68. The fourth-order valence-electron chi connectivity index (χ4n) is 1.25. The molecule has 1 heterocycles. The molecule has 2 aromatic rings. The predicted octanol–water partition coefficient (Wildman–Crippen LogP) is 4.57. The molecule has 0 aliphatic heterocycles. The lowest BCUT2D eigenvalue weighted by molar-refractivity contribution is 0.146. The van der Waals surface area contributed by atoms with Crippen LogP contribution in [0.4, 0.5) is 8.78 Å². The van der Waals surface area contributed by atoms with E-state index in [4.69, 9.17) is 4.74 Å². The highest BCUT2D eigenvalue weighted by Crippen LogP contribution is 2.25. The first-order valence-corrected chi connectivity index (χ1v) is 5.62. The molecular weight excluding hydrogens is 292 g/mol. The average Bonchev–Trinajstić information content (AvgIpc) is 2.29. The van der Waals surface area contributed by atoms with E-state index in [1.54, 1.807) is 12.1 Å². The van der Waals surface area contributed by atoms with E-state index < -0.39 is 6.43 Å². The number of rotatable bonds is 3. The summed E-state index contributed by atoms with van der Waals surface area (Å²) >= 11 is 3.31. The van der Waals surface area contributed by atoms with Gasteiger partial charge in [0, 0.05) is 4.47 Å². The molecule has 2 rings (SSSR count). The monoisotopic (exact) mass is 299 g/mol. The Morgan fingerprint density at radius 3 is 2.53 bits per heavy atom. The van der Waals surface area contributed by atoms with Gasteiger partial charge < -0.3 is 4.74 Å². The number of ether oxygens (including phenoxy) is 1. The van der Waals surface area contributed by atoms with Gasteiger partial charge in [0.1, 0.15) is 17.2 Å². The molecule has 0 atom stereocenters. The van der Waals surface area contributed by atoms with Gasteiger partial charge in [0.2, 0.25) is 0 Å². The largest absolute Gasteiger partial charge is 0.456 e. The molecule has 0 N–H and O–H groups in total. The van der Waals surface area contributed by atoms with Crippen molar-refractivity contribution >= 4 is 15.9 Å². The summed E-state index contributed by atoms with van der Waals surface area (Å²) in [5, 5.41) is 0. The first kappa shape index (κ1) is 12.0. The zero-order valence-corrected chi connectivity index (χ0v) is 10.2. The Balaban J connectivity index is 2.14. The van der Waals surface area contributed by atoms with Gasteiger partial charge >= 0.3 is 0 Å². The van der Waals surface area contributed by atoms with Crippen LogP contribution in [0.25, 0.3) is 0 Å². The summed E-state index contributed by atoms with van der Waals surface area (Å²) in [7, 11) is 0. The van der Waals surface area contributed by atoms with Crippen LogP contribution in [0.3, 0.4) is 0 Å². The average molecular weight is 300 g/mol. The molecule has 88 valence electrons. The van der Waals surface area contributed by atoms with Crippen LogP contribution in [0.2, 0.25) is 0 Å². The van der Waals surface area contributed by atoms with Gasteiger partial charge in [0.25, 0.3) is 6.43 Å². The van der Waals surface area contributed by atoms with Crippen LogP contribution in [-0.2, 0) is 0 Å². The van der Waals surface area contributed by atoms with E-state index in [1.165, 1.54) is 18.3 Å². The van der Waals surface area contributed by atoms with E-state index in [0.717, 1.165) is 4.47 Å². The molecule has 0 aliphatic carbocycles. The highest BCUT2D eigenvalue weighted by Gasteiger charge is 2.08. The first-order valence-electron chi connectivity index (χ1n) is 4.82. The second-order valence-electron chi connectivity index (χ2n) is 3.28. The summed E-state index contributed by atoms with van der Waals surface area (Å²) in [4.78, 5) is 3.61. The molecule has 17 heavy (non-hydrogen) atoms. The summed E-state index contributed by atoms with van der Waals surface area (Å²) < 4.78 is 30.9. The number of nitrogens with zero attached hydrogens (tertiary/aromatic N) is 1. The number of hydrogen-bond acceptors (Lipinski definition) is 2. The molecule has 0 spiro atoms. The number of pyridine rings is 1. The van der Waals surface area contributed by atoms with Gasteiger partial charge in [-0.3, -0.25) is 4.98 Å². The first-order chi connectivity index (χ1) is 8.15. The van der Waals surface area contributed by atoms with E-state index >= 15 is 0 Å². The van der Waals surface area contributed by atoms with Crippen molar-refractivity contribution in [3.63, 3.8) is 0 Å². The Hall–Kier alpha value is -1.49. The third-order valence-electron chi connectivity index (χ3n) is 2.01. The zero-order valence-electron chi connectivity index (χ0n) is 8.61. The van der Waals surface area contributed by atoms with Crippen molar-refractivity contribution in [2.24, 2.45) is 0 Å². The third-order valence-corrected chi connectivity index (χ3v) is 2.51. The highest BCUT2D eigenvalue weighted by atomic mass is 79.9. The third kappa shape index (κ3) is 3.23. The smallest absolute Gasteiger partial charge is 0.280 e. The van der Waals surface area contributed by atoms with Crippen LogP contribution in [0.15, 0.2) is 47.1 Å². The molecule has 2 nitrogen and oxygen atoms in total. The lowest BCUT2D eigenvalue weighted by Crippen LogP contribution is -1.90. The minimum absolute atomic E-state index is 0.258. The zero-order chi connectivity index (χ0) is 12.3. The van der Waals surface area contributed by atoms with E-state index in [9.17, 15) is 8.78 Å². The molecule has 5 heteroatoms. The molecule has 0 saturated heterocycles. The van der Waals surface area contributed by atoms with Crippen LogP contribution in [0.1, 0.15) is 12.1 Å². The summed E-state index contributed by atoms with van der Waals surface area (Å²) in [6.07, 6.45) is -1.28. The minimum Gasteiger partial charge on any atom is -0.456 e. The van der Waals surface area contributed by atoms with Crippen molar-refractivity contribution in [3.8, 4) is 11.5 Å². The molecule has 1 aromatic heterocycles. The number of benzene rings is 1. The van der Waals surface area contributed by atoms with Crippen LogP contribution in [0, 0.1) is 0 Å². The molecule has 0 amide bonds. The lowest BCUT2D eigenvalue weighted by Gasteiger charge is -2.06. The second-order valence-corrected chi connectivity index (χ2v) is 4.19. The van der Waals surface area contributed by atoms with E-state index in [2.05, 4.69) is 20.9 Å². The molecule has 0 bridgehead atoms. The molecule has 1 aromatic carbocycles. The Morgan fingerprint density at radius 1 is 1.12 bits per heavy atom. The molecule has 0 saturated carbocycles. The van der Waals surface area contributed by atoms with E-state index in [0.29, 0.717) is 11.5 Å². The SMILES string of the molecule is FC(F)c1ccc(Oc2cccc(Br)c2)cn1. The highest BCUT2D eigenvalue weighted by molar-refractivity contribution is 9.10. The second kappa shape index (κ2) is 5.23. The Bertz CT molecular complexity index is 502. The Morgan fingerprint density at radius 2 is 1.94 bits per heavy atom. The maximum atomic E-state index is 12.3. The van der Waals surface area contributed by atoms with E-state index in [1.807, 2.05) is 12.1 Å². The van der Waals surface area contributed by atoms with Gasteiger partial charge in [-0.1, -0.05) is 22.0 Å². The summed E-state index contributed by atoms with van der Waals surface area (Å²) in [5.41, 5.74) is -0.258. The van der Waals surface area contributed by atoms with Gasteiger partial charge in [-0.15, -0.1) is 0 Å². The van der Waals surface area contributed by atoms with Crippen LogP contribution < -0.4 is 4.74 Å². The van der Waals surface area contributed by atoms with Gasteiger partial charge in [-0.25, -0.2) is 8.78 Å². The fourth-order valence-corrected chi connectivity index (χ4v) is 1.63. The molecular formula is C12H8BrF2NO. The van der Waals surface area contributed by atoms with Crippen LogP contribution in [0.5, 0.6) is 11.5 Å². The van der Waals surface area contributed by atoms with Crippen LogP contribution >= 0.6 is 15.9 Å². The number of halogens is 3. The Labute approximate surface area is 105 Å². The minimum atomic E-state index is -2.56. The summed E-state index contributed by atoms with van der Waals surface area (Å²) in [6.45, 7) is 0. The number of alkyl halides is 2. The summed E-state index contributed by atoms with van der Waals surface area (Å²) in [6, 6.07) is 9.95. The van der Waals surface area contributed by atoms with Gasteiger partial charge in [-0.05, 0) is 30.3 Å². The van der Waals surface area contributed by atoms with Gasteiger partial charge in [-0.2, -0.15) is 0 Å². The standard InChI is InChI=1S/C12H8BrF2NO/c13-8-2-1-3-9(6-8)17-10-4-5-11(12(14)15)16-7-10/h1-7,12H. The van der Waals surface area contributed by atoms with Gasteiger partial charge in [0.15, 0.2) is 0 Å². The topological polar surface area (TPSA) is 22.1 Å². The lowest BCUT2D eigenvalue weighted by atomic mass is 10.3. The maximum absolute atomic E-state index is 12.3. The van der Waals surface area contributed by atoms with E-state index in [-0.39, 0.29) is 5.69 Å². The van der Waals surface area contributed by atoms with Crippen molar-refractivity contribution in [2.75, 3.05) is 0 Å². The van der Waals surface area contributed by atoms with Crippen LogP contribution in [-0.4, -0.2) is 4.98 Å². The fraction of sp³-hybridized carbons (Fsp3) is 0.0833. The quantitative estimate of drug-likeness (QED) is 0.828. The van der Waals surface area contributed by atoms with Crippen molar-refractivity contribution < 1.29 is 13.5 Å². The van der Waals surface area contributed by atoms with Gasteiger partial charge in [0.05, 0.1) is 6.20 Å².